The first kappa shape index (κ1) is 12.9. The molecule has 0 fully saturated rings. The summed E-state index contributed by atoms with van der Waals surface area (Å²) in [5.74, 6) is -1.46. The molecular formula is C14H13FN2O2. The van der Waals surface area contributed by atoms with E-state index in [1.54, 1.807) is 31.2 Å². The number of halogens is 1. The minimum Gasteiger partial charge on any atom is -0.478 e. The molecule has 0 saturated carbocycles. The van der Waals surface area contributed by atoms with Crippen molar-refractivity contribution in [3.63, 3.8) is 0 Å². The van der Waals surface area contributed by atoms with Gasteiger partial charge >= 0.3 is 5.97 Å². The van der Waals surface area contributed by atoms with Gasteiger partial charge < -0.3 is 16.2 Å². The van der Waals surface area contributed by atoms with Gasteiger partial charge in [0, 0.05) is 11.3 Å². The predicted molar refractivity (Wildman–Crippen MR) is 72.2 cm³/mol. The van der Waals surface area contributed by atoms with Gasteiger partial charge in [0.25, 0.3) is 0 Å². The summed E-state index contributed by atoms with van der Waals surface area (Å²) in [4.78, 5) is 11.1. The lowest BCUT2D eigenvalue weighted by molar-refractivity contribution is 0.0698. The molecule has 0 amide bonds. The van der Waals surface area contributed by atoms with E-state index in [0.717, 1.165) is 0 Å². The fraction of sp³-hybridized carbons (Fsp3) is 0.0714. The number of nitrogens with two attached hydrogens (primary N) is 1. The van der Waals surface area contributed by atoms with Crippen LogP contribution >= 0.6 is 0 Å². The molecule has 2 aromatic rings. The number of carboxylic acids is 1. The highest BCUT2D eigenvalue weighted by molar-refractivity contribution is 5.98. The van der Waals surface area contributed by atoms with Crippen molar-refractivity contribution in [2.24, 2.45) is 0 Å². The first-order valence-corrected chi connectivity index (χ1v) is 5.64. The summed E-state index contributed by atoms with van der Waals surface area (Å²) in [7, 11) is 0. The molecule has 2 rings (SSSR count). The fourth-order valence-corrected chi connectivity index (χ4v) is 1.77. The Balaban J connectivity index is 2.49. The van der Waals surface area contributed by atoms with Gasteiger partial charge in [-0.1, -0.05) is 12.1 Å². The number of para-hydroxylation sites is 1. The zero-order valence-electron chi connectivity index (χ0n) is 10.3. The van der Waals surface area contributed by atoms with Gasteiger partial charge in [-0.3, -0.25) is 0 Å². The van der Waals surface area contributed by atoms with Crippen molar-refractivity contribution in [2.75, 3.05) is 11.1 Å². The fourth-order valence-electron chi connectivity index (χ4n) is 1.77. The number of benzene rings is 2. The van der Waals surface area contributed by atoms with Crippen LogP contribution in [0.3, 0.4) is 0 Å². The second-order valence-electron chi connectivity index (χ2n) is 4.11. The molecule has 0 aromatic heterocycles. The molecule has 5 heteroatoms. The summed E-state index contributed by atoms with van der Waals surface area (Å²) in [5.41, 5.74) is 7.27. The van der Waals surface area contributed by atoms with Crippen molar-refractivity contribution in [1.29, 1.82) is 0 Å². The second-order valence-corrected chi connectivity index (χ2v) is 4.11. The summed E-state index contributed by atoms with van der Waals surface area (Å²) in [6, 6.07) is 9.13. The zero-order chi connectivity index (χ0) is 14.0. The van der Waals surface area contributed by atoms with Crippen LogP contribution in [0.25, 0.3) is 0 Å². The molecule has 98 valence electrons. The zero-order valence-corrected chi connectivity index (χ0v) is 10.3. The maximum absolute atomic E-state index is 13.5. The number of nitrogen functional groups attached to an aromatic ring is 1. The molecule has 0 aliphatic heterocycles. The lowest BCUT2D eigenvalue weighted by Crippen LogP contribution is -2.06. The standard InChI is InChI=1S/C14H13FN2O2/c1-8-10(15)5-3-7-12(8)17-13-9(14(18)19)4-2-6-11(13)16/h2-7,17H,16H2,1H3,(H,18,19). The molecule has 0 heterocycles. The van der Waals surface area contributed by atoms with E-state index in [2.05, 4.69) is 5.32 Å². The third kappa shape index (κ3) is 2.49. The van der Waals surface area contributed by atoms with Crippen LogP contribution in [0.2, 0.25) is 0 Å². The van der Waals surface area contributed by atoms with Gasteiger partial charge in [0.2, 0.25) is 0 Å². The number of hydrogen-bond acceptors (Lipinski definition) is 3. The Morgan fingerprint density at radius 1 is 1.26 bits per heavy atom. The predicted octanol–water partition coefficient (Wildman–Crippen LogP) is 3.16. The Hall–Kier alpha value is -2.56. The molecule has 0 saturated heterocycles. The van der Waals surface area contributed by atoms with Gasteiger partial charge in [0.15, 0.2) is 0 Å². The molecule has 4 N–H and O–H groups in total. The Morgan fingerprint density at radius 3 is 2.63 bits per heavy atom. The van der Waals surface area contributed by atoms with Gasteiger partial charge in [-0.25, -0.2) is 9.18 Å². The Morgan fingerprint density at radius 2 is 1.95 bits per heavy atom. The third-order valence-corrected chi connectivity index (χ3v) is 2.85. The number of hydrogen-bond donors (Lipinski definition) is 3. The average Bonchev–Trinajstić information content (AvgIpc) is 2.36. The highest BCUT2D eigenvalue weighted by Crippen LogP contribution is 2.29. The van der Waals surface area contributed by atoms with Crippen LogP contribution in [0.4, 0.5) is 21.5 Å². The van der Waals surface area contributed by atoms with Crippen molar-refractivity contribution < 1.29 is 14.3 Å². The van der Waals surface area contributed by atoms with E-state index in [0.29, 0.717) is 16.9 Å². The van der Waals surface area contributed by atoms with E-state index < -0.39 is 5.97 Å². The minimum atomic E-state index is -1.09. The van der Waals surface area contributed by atoms with E-state index in [4.69, 9.17) is 10.8 Å². The summed E-state index contributed by atoms with van der Waals surface area (Å²) in [6.07, 6.45) is 0. The number of carbonyl (C=O) groups is 1. The maximum Gasteiger partial charge on any atom is 0.337 e. The minimum absolute atomic E-state index is 0.0451. The van der Waals surface area contributed by atoms with Gasteiger partial charge in [0.05, 0.1) is 16.9 Å². The second kappa shape index (κ2) is 4.97. The average molecular weight is 260 g/mol. The first-order valence-electron chi connectivity index (χ1n) is 5.64. The lowest BCUT2D eigenvalue weighted by Gasteiger charge is -2.14. The molecular weight excluding hydrogens is 247 g/mol. The number of carboxylic acid groups (broad SMARTS) is 1. The molecule has 0 bridgehead atoms. The third-order valence-electron chi connectivity index (χ3n) is 2.85. The van der Waals surface area contributed by atoms with Crippen LogP contribution in [-0.4, -0.2) is 11.1 Å². The summed E-state index contributed by atoms with van der Waals surface area (Å²) in [5, 5.41) is 12.0. The van der Waals surface area contributed by atoms with E-state index in [1.807, 2.05) is 0 Å². The number of rotatable bonds is 3. The molecule has 19 heavy (non-hydrogen) atoms. The SMILES string of the molecule is Cc1c(F)cccc1Nc1c(N)cccc1C(=O)O. The van der Waals surface area contributed by atoms with Gasteiger partial charge in [-0.2, -0.15) is 0 Å². The monoisotopic (exact) mass is 260 g/mol. The van der Waals surface area contributed by atoms with Gasteiger partial charge in [-0.15, -0.1) is 0 Å². The van der Waals surface area contributed by atoms with E-state index in [-0.39, 0.29) is 17.1 Å². The Labute approximate surface area is 109 Å². The van der Waals surface area contributed by atoms with E-state index >= 15 is 0 Å². The number of nitrogens with one attached hydrogen (secondary N) is 1. The Bertz CT molecular complexity index is 641. The maximum atomic E-state index is 13.5. The van der Waals surface area contributed by atoms with Crippen LogP contribution in [0, 0.1) is 12.7 Å². The summed E-state index contributed by atoms with van der Waals surface area (Å²) < 4.78 is 13.5. The van der Waals surface area contributed by atoms with Crippen molar-refractivity contribution in [2.45, 2.75) is 6.92 Å². The first-order chi connectivity index (χ1) is 9.00. The molecule has 0 radical (unpaired) electrons. The van der Waals surface area contributed by atoms with Crippen molar-refractivity contribution in [3.8, 4) is 0 Å². The van der Waals surface area contributed by atoms with E-state index in [1.165, 1.54) is 12.1 Å². The molecule has 0 spiro atoms. The van der Waals surface area contributed by atoms with Crippen LogP contribution in [0.1, 0.15) is 15.9 Å². The molecule has 0 aliphatic carbocycles. The quantitative estimate of drug-likeness (QED) is 0.741. The lowest BCUT2D eigenvalue weighted by atomic mass is 10.1. The van der Waals surface area contributed by atoms with Gasteiger partial charge in [-0.05, 0) is 31.2 Å². The summed E-state index contributed by atoms with van der Waals surface area (Å²) in [6.45, 7) is 1.61. The molecule has 2 aromatic carbocycles. The molecule has 0 aliphatic rings. The van der Waals surface area contributed by atoms with Crippen molar-refractivity contribution in [1.82, 2.24) is 0 Å². The van der Waals surface area contributed by atoms with Crippen molar-refractivity contribution in [3.05, 3.63) is 53.3 Å². The van der Waals surface area contributed by atoms with Crippen LogP contribution in [0.15, 0.2) is 36.4 Å². The number of aromatic carboxylic acids is 1. The van der Waals surface area contributed by atoms with Gasteiger partial charge in [0.1, 0.15) is 5.82 Å². The Kier molecular flexibility index (Phi) is 3.37. The van der Waals surface area contributed by atoms with Crippen LogP contribution in [-0.2, 0) is 0 Å². The van der Waals surface area contributed by atoms with Crippen LogP contribution < -0.4 is 11.1 Å². The normalized spacial score (nSPS) is 10.2. The van der Waals surface area contributed by atoms with Crippen LogP contribution in [0.5, 0.6) is 0 Å². The highest BCUT2D eigenvalue weighted by Gasteiger charge is 2.14. The molecule has 0 atom stereocenters. The van der Waals surface area contributed by atoms with Crippen molar-refractivity contribution >= 4 is 23.0 Å². The summed E-state index contributed by atoms with van der Waals surface area (Å²) >= 11 is 0. The van der Waals surface area contributed by atoms with E-state index in [9.17, 15) is 9.18 Å². The molecule has 0 unspecified atom stereocenters. The topological polar surface area (TPSA) is 75.3 Å². The highest BCUT2D eigenvalue weighted by atomic mass is 19.1. The largest absolute Gasteiger partial charge is 0.478 e. The molecule has 4 nitrogen and oxygen atoms in total. The number of anilines is 3. The smallest absolute Gasteiger partial charge is 0.337 e.